The van der Waals surface area contributed by atoms with Crippen molar-refractivity contribution in [2.75, 3.05) is 41.1 Å². The van der Waals surface area contributed by atoms with Crippen LogP contribution in [0.3, 0.4) is 0 Å². The lowest BCUT2D eigenvalue weighted by Gasteiger charge is -2.29. The zero-order valence-corrected chi connectivity index (χ0v) is 17.3. The molecule has 0 fully saturated rings. The number of ether oxygens (including phenoxy) is 5. The third-order valence-corrected chi connectivity index (χ3v) is 4.88. The van der Waals surface area contributed by atoms with E-state index in [0.717, 1.165) is 30.0 Å². The average molecular weight is 387 g/mol. The van der Waals surface area contributed by atoms with Crippen LogP contribution < -0.4 is 29.0 Å². The largest absolute Gasteiger partial charge is 0.493 e. The predicted octanol–water partition coefficient (Wildman–Crippen LogP) is 3.74. The van der Waals surface area contributed by atoms with Crippen LogP contribution in [0.15, 0.2) is 24.3 Å². The van der Waals surface area contributed by atoms with Gasteiger partial charge in [0.25, 0.3) is 0 Å². The summed E-state index contributed by atoms with van der Waals surface area (Å²) in [5.41, 5.74) is 3.47. The molecule has 2 aromatic rings. The lowest BCUT2D eigenvalue weighted by atomic mass is 9.89. The SMILES string of the molecule is CCOc1cc2c(cc1OCC)[C@@H](c1cc(OC)c(OC)c(OC)c1)NCC2. The third kappa shape index (κ3) is 3.83. The Balaban J connectivity index is 2.10. The van der Waals surface area contributed by atoms with Crippen LogP contribution in [0.25, 0.3) is 0 Å². The highest BCUT2D eigenvalue weighted by molar-refractivity contribution is 5.57. The second kappa shape index (κ2) is 9.06. The van der Waals surface area contributed by atoms with Crippen LogP contribution in [-0.2, 0) is 6.42 Å². The summed E-state index contributed by atoms with van der Waals surface area (Å²) in [5, 5.41) is 3.60. The molecule has 0 saturated heterocycles. The first-order valence-corrected chi connectivity index (χ1v) is 9.62. The minimum absolute atomic E-state index is 0.00709. The highest BCUT2D eigenvalue weighted by Crippen LogP contribution is 2.43. The van der Waals surface area contributed by atoms with Crippen LogP contribution in [0.2, 0.25) is 0 Å². The summed E-state index contributed by atoms with van der Waals surface area (Å²) in [6.45, 7) is 6.02. The van der Waals surface area contributed by atoms with Gasteiger partial charge >= 0.3 is 0 Å². The van der Waals surface area contributed by atoms with Crippen molar-refractivity contribution >= 4 is 0 Å². The Morgan fingerprint density at radius 1 is 0.821 bits per heavy atom. The van der Waals surface area contributed by atoms with Gasteiger partial charge in [0, 0.05) is 6.54 Å². The highest BCUT2D eigenvalue weighted by atomic mass is 16.5. The Morgan fingerprint density at radius 3 is 1.96 bits per heavy atom. The van der Waals surface area contributed by atoms with Crippen molar-refractivity contribution in [2.45, 2.75) is 26.3 Å². The number of hydrogen-bond acceptors (Lipinski definition) is 6. The van der Waals surface area contributed by atoms with Crippen molar-refractivity contribution in [3.8, 4) is 28.7 Å². The fraction of sp³-hybridized carbons (Fsp3) is 0.455. The van der Waals surface area contributed by atoms with Crippen LogP contribution in [0.4, 0.5) is 0 Å². The molecule has 3 rings (SSSR count). The number of benzene rings is 2. The van der Waals surface area contributed by atoms with Gasteiger partial charge in [0.05, 0.1) is 40.6 Å². The molecule has 0 amide bonds. The molecule has 152 valence electrons. The maximum Gasteiger partial charge on any atom is 0.203 e. The highest BCUT2D eigenvalue weighted by Gasteiger charge is 2.26. The average Bonchev–Trinajstić information content (AvgIpc) is 2.73. The van der Waals surface area contributed by atoms with E-state index in [1.165, 1.54) is 11.1 Å². The first-order valence-electron chi connectivity index (χ1n) is 9.62. The first-order chi connectivity index (χ1) is 13.7. The van der Waals surface area contributed by atoms with Crippen molar-refractivity contribution < 1.29 is 23.7 Å². The second-order valence-corrected chi connectivity index (χ2v) is 6.46. The van der Waals surface area contributed by atoms with Gasteiger partial charge in [-0.05, 0) is 61.2 Å². The van der Waals surface area contributed by atoms with E-state index in [9.17, 15) is 0 Å². The molecule has 0 unspecified atom stereocenters. The smallest absolute Gasteiger partial charge is 0.203 e. The van der Waals surface area contributed by atoms with Gasteiger partial charge in [-0.25, -0.2) is 0 Å². The third-order valence-electron chi connectivity index (χ3n) is 4.88. The first kappa shape index (κ1) is 20.1. The van der Waals surface area contributed by atoms with Gasteiger partial charge in [-0.3, -0.25) is 0 Å². The van der Waals surface area contributed by atoms with E-state index in [1.807, 2.05) is 26.0 Å². The molecular formula is C22H29NO5. The van der Waals surface area contributed by atoms with Crippen LogP contribution in [0.5, 0.6) is 28.7 Å². The van der Waals surface area contributed by atoms with Crippen LogP contribution in [0.1, 0.15) is 36.6 Å². The molecule has 2 aromatic carbocycles. The van der Waals surface area contributed by atoms with E-state index in [4.69, 9.17) is 23.7 Å². The zero-order valence-electron chi connectivity index (χ0n) is 17.3. The molecule has 6 nitrogen and oxygen atoms in total. The van der Waals surface area contributed by atoms with E-state index in [0.29, 0.717) is 30.5 Å². The summed E-state index contributed by atoms with van der Waals surface area (Å²) in [4.78, 5) is 0. The van der Waals surface area contributed by atoms with E-state index < -0.39 is 0 Å². The number of rotatable bonds is 8. The second-order valence-electron chi connectivity index (χ2n) is 6.46. The Kier molecular flexibility index (Phi) is 6.52. The summed E-state index contributed by atoms with van der Waals surface area (Å²) in [7, 11) is 4.87. The molecule has 0 aromatic heterocycles. The minimum atomic E-state index is -0.00709. The van der Waals surface area contributed by atoms with Crippen molar-refractivity contribution in [3.63, 3.8) is 0 Å². The predicted molar refractivity (Wildman–Crippen MR) is 108 cm³/mol. The van der Waals surface area contributed by atoms with Gasteiger partial charge < -0.3 is 29.0 Å². The normalized spacial score (nSPS) is 15.5. The number of nitrogens with one attached hydrogen (secondary N) is 1. The van der Waals surface area contributed by atoms with Gasteiger partial charge in [-0.1, -0.05) is 0 Å². The maximum atomic E-state index is 5.84. The molecule has 1 aliphatic rings. The Morgan fingerprint density at radius 2 is 1.43 bits per heavy atom. The summed E-state index contributed by atoms with van der Waals surface area (Å²) < 4.78 is 28.2. The summed E-state index contributed by atoms with van der Waals surface area (Å²) in [6.07, 6.45) is 0.933. The van der Waals surface area contributed by atoms with Gasteiger partial charge in [0.15, 0.2) is 23.0 Å². The van der Waals surface area contributed by atoms with E-state index in [1.54, 1.807) is 21.3 Å². The van der Waals surface area contributed by atoms with E-state index >= 15 is 0 Å². The lowest BCUT2D eigenvalue weighted by Crippen LogP contribution is -2.30. The zero-order chi connectivity index (χ0) is 20.1. The number of fused-ring (bicyclic) bond motifs is 1. The Labute approximate surface area is 166 Å². The molecular weight excluding hydrogens is 358 g/mol. The number of hydrogen-bond donors (Lipinski definition) is 1. The molecule has 28 heavy (non-hydrogen) atoms. The Bertz CT molecular complexity index is 796. The molecule has 1 N–H and O–H groups in total. The topological polar surface area (TPSA) is 58.2 Å². The van der Waals surface area contributed by atoms with Gasteiger partial charge in [0.1, 0.15) is 0 Å². The fourth-order valence-electron chi connectivity index (χ4n) is 3.67. The molecule has 6 heteroatoms. The van der Waals surface area contributed by atoms with Crippen molar-refractivity contribution in [1.82, 2.24) is 5.32 Å². The fourth-order valence-corrected chi connectivity index (χ4v) is 3.67. The van der Waals surface area contributed by atoms with Crippen molar-refractivity contribution in [1.29, 1.82) is 0 Å². The Hall–Kier alpha value is -2.60. The van der Waals surface area contributed by atoms with Crippen molar-refractivity contribution in [2.24, 2.45) is 0 Å². The standard InChI is InChI=1S/C22H29NO5/c1-6-27-17-10-14-8-9-23-21(16(14)13-18(17)28-7-2)15-11-19(24-3)22(26-5)20(12-15)25-4/h10-13,21,23H,6-9H2,1-5H3/t21-/m1/s1. The monoisotopic (exact) mass is 387 g/mol. The van der Waals surface area contributed by atoms with Crippen LogP contribution >= 0.6 is 0 Å². The molecule has 0 aliphatic carbocycles. The summed E-state index contributed by atoms with van der Waals surface area (Å²) >= 11 is 0. The quantitative estimate of drug-likeness (QED) is 0.745. The molecule has 0 spiro atoms. The lowest BCUT2D eigenvalue weighted by molar-refractivity contribution is 0.286. The molecule has 1 heterocycles. The molecule has 0 saturated carbocycles. The maximum absolute atomic E-state index is 5.84. The summed E-state index contributed by atoms with van der Waals surface area (Å²) in [6, 6.07) is 8.17. The molecule has 0 radical (unpaired) electrons. The molecule has 0 bridgehead atoms. The van der Waals surface area contributed by atoms with Crippen molar-refractivity contribution in [3.05, 3.63) is 41.0 Å². The minimum Gasteiger partial charge on any atom is -0.493 e. The summed E-state index contributed by atoms with van der Waals surface area (Å²) in [5.74, 6) is 3.44. The van der Waals surface area contributed by atoms with E-state index in [2.05, 4.69) is 17.4 Å². The van der Waals surface area contributed by atoms with Gasteiger partial charge in [-0.2, -0.15) is 0 Å². The van der Waals surface area contributed by atoms with Crippen LogP contribution in [0, 0.1) is 0 Å². The van der Waals surface area contributed by atoms with Crippen LogP contribution in [-0.4, -0.2) is 41.1 Å². The number of methoxy groups -OCH3 is 3. The molecule has 1 atom stereocenters. The van der Waals surface area contributed by atoms with Gasteiger partial charge in [-0.15, -0.1) is 0 Å². The van der Waals surface area contributed by atoms with Gasteiger partial charge in [0.2, 0.25) is 5.75 Å². The molecule has 1 aliphatic heterocycles. The van der Waals surface area contributed by atoms with E-state index in [-0.39, 0.29) is 6.04 Å².